The lowest BCUT2D eigenvalue weighted by Gasteiger charge is -2.53. The molecule has 2 rings (SSSR count). The van der Waals surface area contributed by atoms with Crippen molar-refractivity contribution in [2.24, 2.45) is 28.6 Å². The van der Waals surface area contributed by atoms with Gasteiger partial charge < -0.3 is 10.2 Å². The predicted octanol–water partition coefficient (Wildman–Crippen LogP) is 7.58. The fourth-order valence-corrected chi connectivity index (χ4v) is 6.86. The van der Waals surface area contributed by atoms with E-state index in [1.165, 1.54) is 23.1 Å². The Balaban J connectivity index is 2.13. The molecule has 0 spiro atoms. The van der Waals surface area contributed by atoms with E-state index < -0.39 is 5.60 Å². The summed E-state index contributed by atoms with van der Waals surface area (Å²) in [6.07, 6.45) is 12.8. The zero-order chi connectivity index (χ0) is 25.7. The molecule has 3 heteroatoms. The van der Waals surface area contributed by atoms with Crippen LogP contribution in [-0.2, 0) is 4.79 Å². The smallest absolute Gasteiger partial charge is 0.145 e. The third-order valence-corrected chi connectivity index (χ3v) is 10.2. The minimum atomic E-state index is -0.790. The van der Waals surface area contributed by atoms with Crippen molar-refractivity contribution in [2.45, 2.75) is 118 Å². The number of aldehydes is 1. The van der Waals surface area contributed by atoms with Crippen LogP contribution in [0.1, 0.15) is 113 Å². The van der Waals surface area contributed by atoms with Crippen molar-refractivity contribution in [1.29, 1.82) is 0 Å². The van der Waals surface area contributed by atoms with Crippen LogP contribution in [0.5, 0.6) is 0 Å². The van der Waals surface area contributed by atoms with Crippen molar-refractivity contribution in [1.82, 2.24) is 0 Å². The van der Waals surface area contributed by atoms with Crippen molar-refractivity contribution in [3.8, 4) is 0 Å². The molecule has 2 saturated carbocycles. The molecule has 0 aliphatic heterocycles. The number of rotatable bonds is 10. The molecule has 2 fully saturated rings. The fraction of sp³-hybridized carbons (Fsp3) is 0.774. The summed E-state index contributed by atoms with van der Waals surface area (Å²) >= 11 is 0. The molecule has 0 saturated heterocycles. The van der Waals surface area contributed by atoms with E-state index in [0.29, 0.717) is 24.2 Å². The molecule has 0 bridgehead atoms. The second-order valence-electron chi connectivity index (χ2n) is 12.5. The number of aliphatic hydroxyl groups is 2. The molecule has 0 radical (unpaired) electrons. The maximum atomic E-state index is 11.6. The van der Waals surface area contributed by atoms with E-state index >= 15 is 0 Å². The van der Waals surface area contributed by atoms with Gasteiger partial charge in [-0.2, -0.15) is 0 Å². The van der Waals surface area contributed by atoms with Crippen molar-refractivity contribution in [3.05, 3.63) is 34.9 Å². The summed E-state index contributed by atoms with van der Waals surface area (Å²) in [6.45, 7) is 20.1. The van der Waals surface area contributed by atoms with Crippen molar-refractivity contribution < 1.29 is 15.0 Å². The average molecular weight is 473 g/mol. The molecule has 0 heterocycles. The number of hydrogen-bond donors (Lipinski definition) is 2. The molecule has 2 aliphatic rings. The van der Waals surface area contributed by atoms with Crippen LogP contribution in [0.25, 0.3) is 0 Å². The predicted molar refractivity (Wildman–Crippen MR) is 144 cm³/mol. The van der Waals surface area contributed by atoms with Crippen molar-refractivity contribution >= 4 is 6.29 Å². The van der Waals surface area contributed by atoms with Crippen molar-refractivity contribution in [3.63, 3.8) is 0 Å². The lowest BCUT2D eigenvalue weighted by atomic mass is 9.54. The highest BCUT2D eigenvalue weighted by Gasteiger charge is 2.52. The normalized spacial score (nSPS) is 35.9. The third-order valence-electron chi connectivity index (χ3n) is 10.2. The Morgan fingerprint density at radius 2 is 1.79 bits per heavy atom. The second kappa shape index (κ2) is 11.7. The molecule has 194 valence electrons. The van der Waals surface area contributed by atoms with E-state index in [4.69, 9.17) is 0 Å². The van der Waals surface area contributed by atoms with Crippen LogP contribution < -0.4 is 0 Å². The number of carbonyl (C=O) groups is 1. The van der Waals surface area contributed by atoms with Crippen LogP contribution >= 0.6 is 0 Å². The van der Waals surface area contributed by atoms with Gasteiger partial charge in [-0.3, -0.25) is 4.79 Å². The number of aliphatic hydroxyl groups excluding tert-OH is 1. The molecule has 0 aromatic heterocycles. The first-order valence-corrected chi connectivity index (χ1v) is 13.6. The van der Waals surface area contributed by atoms with Gasteiger partial charge in [0.05, 0.1) is 5.60 Å². The van der Waals surface area contributed by atoms with E-state index in [0.717, 1.165) is 62.7 Å². The number of allylic oxidation sites excluding steroid dienone is 5. The van der Waals surface area contributed by atoms with Gasteiger partial charge in [-0.15, -0.1) is 0 Å². The summed E-state index contributed by atoms with van der Waals surface area (Å²) in [5, 5.41) is 21.0. The molecule has 2 N–H and O–H groups in total. The van der Waals surface area contributed by atoms with Gasteiger partial charge in [-0.25, -0.2) is 0 Å². The molecule has 0 amide bonds. The van der Waals surface area contributed by atoms with Gasteiger partial charge >= 0.3 is 0 Å². The highest BCUT2D eigenvalue weighted by atomic mass is 16.3. The van der Waals surface area contributed by atoms with Gasteiger partial charge in [-0.05, 0) is 114 Å². The molecular formula is C31H52O3. The van der Waals surface area contributed by atoms with E-state index in [1.807, 2.05) is 13.8 Å². The molecule has 5 atom stereocenters. The quantitative estimate of drug-likeness (QED) is 0.196. The van der Waals surface area contributed by atoms with Crippen LogP contribution in [-0.4, -0.2) is 28.7 Å². The lowest BCUT2D eigenvalue weighted by Crippen LogP contribution is -2.52. The molecule has 3 nitrogen and oxygen atoms in total. The number of hydrogen-bond acceptors (Lipinski definition) is 3. The highest BCUT2D eigenvalue weighted by molar-refractivity contribution is 5.74. The Hall–Kier alpha value is -1.19. The minimum absolute atomic E-state index is 0.121. The van der Waals surface area contributed by atoms with Gasteiger partial charge in [0.1, 0.15) is 6.29 Å². The zero-order valence-corrected chi connectivity index (χ0v) is 23.2. The average Bonchev–Trinajstić information content (AvgIpc) is 2.77. The first-order valence-electron chi connectivity index (χ1n) is 13.6. The molecule has 0 aromatic rings. The van der Waals surface area contributed by atoms with Gasteiger partial charge in [-0.1, -0.05) is 57.1 Å². The molecule has 2 aliphatic carbocycles. The Morgan fingerprint density at radius 3 is 2.41 bits per heavy atom. The van der Waals surface area contributed by atoms with Gasteiger partial charge in [0.25, 0.3) is 0 Å². The van der Waals surface area contributed by atoms with Crippen LogP contribution in [0.15, 0.2) is 34.9 Å². The minimum Gasteiger partial charge on any atom is -0.396 e. The van der Waals surface area contributed by atoms with Crippen LogP contribution in [0.2, 0.25) is 0 Å². The van der Waals surface area contributed by atoms with E-state index in [-0.39, 0.29) is 17.9 Å². The number of carbonyl (C=O) groups excluding carboxylic acids is 1. The van der Waals surface area contributed by atoms with Gasteiger partial charge in [0, 0.05) is 12.0 Å². The first-order chi connectivity index (χ1) is 15.8. The summed E-state index contributed by atoms with van der Waals surface area (Å²) in [7, 11) is 0. The van der Waals surface area contributed by atoms with Gasteiger partial charge in [0.15, 0.2) is 0 Å². The van der Waals surface area contributed by atoms with E-state index in [2.05, 4.69) is 47.3 Å². The lowest BCUT2D eigenvalue weighted by molar-refractivity contribution is -0.115. The molecule has 0 aromatic carbocycles. The maximum absolute atomic E-state index is 11.6. The van der Waals surface area contributed by atoms with E-state index in [1.54, 1.807) is 0 Å². The maximum Gasteiger partial charge on any atom is 0.145 e. The van der Waals surface area contributed by atoms with Crippen molar-refractivity contribution in [2.75, 3.05) is 6.61 Å². The van der Waals surface area contributed by atoms with Crippen LogP contribution in [0, 0.1) is 28.6 Å². The second-order valence-corrected chi connectivity index (χ2v) is 12.5. The third kappa shape index (κ3) is 6.13. The standard InChI is InChI=1S/C31H52O3/c1-22(13-16-27-23(2)14-15-25(4)29(27,5)6)11-9-18-30(7)28(12-10-20-32)26(24(3)21-33)17-19-31(30,8)34/h11,21,25,27-28,32,34H,2,9-10,12-20H2,1,3-8H3/t25-,27+,28+,30-,31-/m0/s1. The first kappa shape index (κ1) is 29.0. The largest absolute Gasteiger partial charge is 0.396 e. The zero-order valence-electron chi connectivity index (χ0n) is 23.2. The monoisotopic (exact) mass is 472 g/mol. The summed E-state index contributed by atoms with van der Waals surface area (Å²) in [5.74, 6) is 1.43. The SMILES string of the molecule is C=C1CC[C@H](C)C(C)(C)[C@@H]1CCC(C)=CCC[C@@]1(C)[C@H](CCCO)C(=C(C)C=O)CC[C@]1(C)O. The fourth-order valence-electron chi connectivity index (χ4n) is 6.86. The Kier molecular flexibility index (Phi) is 9.99. The van der Waals surface area contributed by atoms with Gasteiger partial charge in [0.2, 0.25) is 0 Å². The van der Waals surface area contributed by atoms with Crippen LogP contribution in [0.4, 0.5) is 0 Å². The highest BCUT2D eigenvalue weighted by Crippen LogP contribution is 2.55. The molecule has 34 heavy (non-hydrogen) atoms. The Bertz CT molecular complexity index is 784. The summed E-state index contributed by atoms with van der Waals surface area (Å²) in [6, 6.07) is 0. The molecule has 0 unspecified atom stereocenters. The topological polar surface area (TPSA) is 57.5 Å². The summed E-state index contributed by atoms with van der Waals surface area (Å²) in [4.78, 5) is 11.6. The van der Waals surface area contributed by atoms with Crippen LogP contribution in [0.3, 0.4) is 0 Å². The summed E-state index contributed by atoms with van der Waals surface area (Å²) in [5.41, 5.74) is 4.04. The summed E-state index contributed by atoms with van der Waals surface area (Å²) < 4.78 is 0. The Labute approximate surface area is 209 Å². The Morgan fingerprint density at radius 1 is 1.12 bits per heavy atom. The van der Waals surface area contributed by atoms with E-state index in [9.17, 15) is 15.0 Å². The molecular weight excluding hydrogens is 420 g/mol.